The van der Waals surface area contributed by atoms with Gasteiger partial charge < -0.3 is 14.9 Å². The Morgan fingerprint density at radius 2 is 2.35 bits per heavy atom. The van der Waals surface area contributed by atoms with Gasteiger partial charge in [0, 0.05) is 5.75 Å². The highest BCUT2D eigenvalue weighted by atomic mass is 32.2. The van der Waals surface area contributed by atoms with Crippen molar-refractivity contribution in [1.29, 1.82) is 0 Å². The normalized spacial score (nSPS) is 23.6. The van der Waals surface area contributed by atoms with Gasteiger partial charge in [-0.25, -0.2) is 0 Å². The fourth-order valence-corrected chi connectivity index (χ4v) is 2.90. The number of hydrogen-bond donors (Lipinski definition) is 3. The summed E-state index contributed by atoms with van der Waals surface area (Å²) < 4.78 is 4.95. The van der Waals surface area contributed by atoms with Gasteiger partial charge in [0.1, 0.15) is 6.04 Å². The van der Waals surface area contributed by atoms with Gasteiger partial charge in [-0.2, -0.15) is 0 Å². The van der Waals surface area contributed by atoms with Crippen molar-refractivity contribution in [3.8, 4) is 11.5 Å². The number of phenolic OH excluding ortho intramolecular Hbond substituents is 1. The molecular formula is C11H13NO4S. The number of methoxy groups -OCH3 is 1. The molecule has 3 N–H and O–H groups in total. The maximum absolute atomic E-state index is 10.8. The van der Waals surface area contributed by atoms with Crippen LogP contribution < -0.4 is 10.1 Å². The summed E-state index contributed by atoms with van der Waals surface area (Å²) in [6.07, 6.45) is 0. The van der Waals surface area contributed by atoms with Crippen molar-refractivity contribution in [2.75, 3.05) is 12.9 Å². The largest absolute Gasteiger partial charge is 0.504 e. The van der Waals surface area contributed by atoms with Gasteiger partial charge >= 0.3 is 5.97 Å². The molecule has 0 radical (unpaired) electrons. The number of benzene rings is 1. The highest BCUT2D eigenvalue weighted by Gasteiger charge is 2.30. The second kappa shape index (κ2) is 4.85. The smallest absolute Gasteiger partial charge is 0.321 e. The lowest BCUT2D eigenvalue weighted by atomic mass is 10.2. The van der Waals surface area contributed by atoms with Gasteiger partial charge in [-0.1, -0.05) is 6.07 Å². The van der Waals surface area contributed by atoms with Gasteiger partial charge in [-0.3, -0.25) is 10.1 Å². The number of carboxylic acids is 1. The second-order valence-electron chi connectivity index (χ2n) is 3.70. The van der Waals surface area contributed by atoms with Crippen LogP contribution >= 0.6 is 11.8 Å². The molecule has 1 aliphatic heterocycles. The minimum absolute atomic E-state index is 0.0613. The molecule has 1 heterocycles. The molecule has 17 heavy (non-hydrogen) atoms. The summed E-state index contributed by atoms with van der Waals surface area (Å²) in [5.74, 6) is 0.141. The Kier molecular flexibility index (Phi) is 3.44. The Bertz CT molecular complexity index is 437. The summed E-state index contributed by atoms with van der Waals surface area (Å²) in [4.78, 5) is 10.8. The fraction of sp³-hybridized carbons (Fsp3) is 0.364. The Morgan fingerprint density at radius 3 is 2.88 bits per heavy atom. The zero-order valence-electron chi connectivity index (χ0n) is 9.21. The fourth-order valence-electron chi connectivity index (χ4n) is 1.68. The Morgan fingerprint density at radius 1 is 1.59 bits per heavy atom. The zero-order valence-corrected chi connectivity index (χ0v) is 10.0. The molecule has 5 nitrogen and oxygen atoms in total. The highest BCUT2D eigenvalue weighted by molar-refractivity contribution is 7.99. The minimum Gasteiger partial charge on any atom is -0.504 e. The van der Waals surface area contributed by atoms with E-state index in [1.54, 1.807) is 12.1 Å². The quantitative estimate of drug-likeness (QED) is 0.753. The third kappa shape index (κ3) is 2.48. The van der Waals surface area contributed by atoms with Crippen molar-refractivity contribution in [1.82, 2.24) is 5.32 Å². The van der Waals surface area contributed by atoms with E-state index in [1.807, 2.05) is 6.07 Å². The lowest BCUT2D eigenvalue weighted by Crippen LogP contribution is -2.33. The number of aliphatic carboxylic acids is 1. The van der Waals surface area contributed by atoms with Crippen LogP contribution in [0.2, 0.25) is 0 Å². The molecule has 1 aromatic carbocycles. The molecule has 0 amide bonds. The molecule has 1 fully saturated rings. The average Bonchev–Trinajstić information content (AvgIpc) is 2.78. The summed E-state index contributed by atoms with van der Waals surface area (Å²) in [6, 6.07) is 4.54. The second-order valence-corrected chi connectivity index (χ2v) is 4.84. The van der Waals surface area contributed by atoms with Crippen molar-refractivity contribution < 1.29 is 19.7 Å². The maximum atomic E-state index is 10.8. The van der Waals surface area contributed by atoms with E-state index >= 15 is 0 Å². The third-order valence-electron chi connectivity index (χ3n) is 2.59. The molecule has 0 aliphatic carbocycles. The number of thioether (sulfide) groups is 1. The molecule has 0 bridgehead atoms. The number of nitrogens with one attached hydrogen (secondary N) is 1. The van der Waals surface area contributed by atoms with Crippen molar-refractivity contribution in [3.05, 3.63) is 23.8 Å². The monoisotopic (exact) mass is 255 g/mol. The summed E-state index contributed by atoms with van der Waals surface area (Å²) >= 11 is 1.51. The Labute approximate surface area is 103 Å². The Hall–Kier alpha value is -1.40. The van der Waals surface area contributed by atoms with E-state index in [9.17, 15) is 9.90 Å². The highest BCUT2D eigenvalue weighted by Crippen LogP contribution is 2.36. The number of rotatable bonds is 3. The predicted molar refractivity (Wildman–Crippen MR) is 64.4 cm³/mol. The SMILES string of the molecule is COc1ccc(C2N[C@@H](C(=O)O)CS2)cc1O. The van der Waals surface area contributed by atoms with E-state index in [4.69, 9.17) is 9.84 Å². The van der Waals surface area contributed by atoms with Crippen LogP contribution in [-0.2, 0) is 4.79 Å². The standard InChI is InChI=1S/C11H13NO4S/c1-16-9-3-2-6(4-8(9)13)10-12-7(5-17-10)11(14)15/h2-4,7,10,12-13H,5H2,1H3,(H,14,15)/t7-,10?/m1/s1. The topological polar surface area (TPSA) is 78.8 Å². The van der Waals surface area contributed by atoms with Crippen LogP contribution in [0.1, 0.15) is 10.9 Å². The van der Waals surface area contributed by atoms with E-state index in [-0.39, 0.29) is 11.1 Å². The maximum Gasteiger partial charge on any atom is 0.321 e. The van der Waals surface area contributed by atoms with E-state index in [1.165, 1.54) is 18.9 Å². The summed E-state index contributed by atoms with van der Waals surface area (Å²) in [5.41, 5.74) is 0.844. The van der Waals surface area contributed by atoms with Gasteiger partial charge in [-0.15, -0.1) is 11.8 Å². The minimum atomic E-state index is -0.849. The molecule has 92 valence electrons. The van der Waals surface area contributed by atoms with Crippen LogP contribution in [0.4, 0.5) is 0 Å². The number of hydrogen-bond acceptors (Lipinski definition) is 5. The van der Waals surface area contributed by atoms with Crippen LogP contribution in [0.25, 0.3) is 0 Å². The van der Waals surface area contributed by atoms with Crippen LogP contribution in [0.3, 0.4) is 0 Å². The van der Waals surface area contributed by atoms with Gasteiger partial charge in [-0.05, 0) is 17.7 Å². The molecule has 2 atom stereocenters. The van der Waals surface area contributed by atoms with Crippen molar-refractivity contribution in [3.63, 3.8) is 0 Å². The van der Waals surface area contributed by atoms with E-state index in [0.29, 0.717) is 11.5 Å². The van der Waals surface area contributed by atoms with E-state index < -0.39 is 12.0 Å². The van der Waals surface area contributed by atoms with Crippen molar-refractivity contribution in [2.24, 2.45) is 0 Å². The number of phenols is 1. The number of carbonyl (C=O) groups is 1. The van der Waals surface area contributed by atoms with Gasteiger partial charge in [0.15, 0.2) is 11.5 Å². The lowest BCUT2D eigenvalue weighted by Gasteiger charge is -2.12. The molecule has 2 rings (SSSR count). The first-order chi connectivity index (χ1) is 8.11. The summed E-state index contributed by atoms with van der Waals surface area (Å²) in [6.45, 7) is 0. The van der Waals surface area contributed by atoms with E-state index in [0.717, 1.165) is 5.56 Å². The molecule has 1 aromatic rings. The van der Waals surface area contributed by atoms with Gasteiger partial charge in [0.05, 0.1) is 12.5 Å². The molecule has 1 aliphatic rings. The summed E-state index contributed by atoms with van der Waals surface area (Å²) in [5, 5.41) is 21.4. The number of ether oxygens (including phenoxy) is 1. The van der Waals surface area contributed by atoms with E-state index in [2.05, 4.69) is 5.32 Å². The molecule has 0 spiro atoms. The first kappa shape index (κ1) is 12.1. The molecule has 0 saturated carbocycles. The molecule has 1 saturated heterocycles. The summed E-state index contributed by atoms with van der Waals surface area (Å²) in [7, 11) is 1.48. The van der Waals surface area contributed by atoms with Crippen LogP contribution in [-0.4, -0.2) is 35.1 Å². The molecule has 6 heteroatoms. The molecule has 1 unspecified atom stereocenters. The van der Waals surface area contributed by atoms with Crippen molar-refractivity contribution >= 4 is 17.7 Å². The first-order valence-corrected chi connectivity index (χ1v) is 6.14. The van der Waals surface area contributed by atoms with Crippen LogP contribution in [0.5, 0.6) is 11.5 Å². The van der Waals surface area contributed by atoms with Gasteiger partial charge in [0.2, 0.25) is 0 Å². The average molecular weight is 255 g/mol. The Balaban J connectivity index is 2.14. The van der Waals surface area contributed by atoms with Crippen LogP contribution in [0, 0.1) is 0 Å². The molecule has 0 aromatic heterocycles. The van der Waals surface area contributed by atoms with Crippen molar-refractivity contribution in [2.45, 2.75) is 11.4 Å². The third-order valence-corrected chi connectivity index (χ3v) is 3.85. The number of carboxylic acid groups (broad SMARTS) is 1. The zero-order chi connectivity index (χ0) is 12.4. The van der Waals surface area contributed by atoms with Gasteiger partial charge in [0.25, 0.3) is 0 Å². The first-order valence-electron chi connectivity index (χ1n) is 5.09. The predicted octanol–water partition coefficient (Wildman–Crippen LogP) is 1.19. The molecular weight excluding hydrogens is 242 g/mol. The lowest BCUT2D eigenvalue weighted by molar-refractivity contribution is -0.138. The van der Waals surface area contributed by atoms with Crippen LogP contribution in [0.15, 0.2) is 18.2 Å². The number of aromatic hydroxyl groups is 1.